The number of esters is 1. The second-order valence-electron chi connectivity index (χ2n) is 5.97. The number of carbonyl (C=O) groups excluding carboxylic acids is 3. The number of hydrazone groups is 1. The lowest BCUT2D eigenvalue weighted by atomic mass is 10.1. The maximum Gasteiger partial charge on any atom is 0.337 e. The Bertz CT molecular complexity index is 632. The van der Waals surface area contributed by atoms with Gasteiger partial charge in [-0.3, -0.25) is 9.59 Å². The Labute approximate surface area is 146 Å². The van der Waals surface area contributed by atoms with E-state index in [4.69, 9.17) is 0 Å². The van der Waals surface area contributed by atoms with E-state index in [1.54, 1.807) is 24.3 Å². The molecule has 0 unspecified atom stereocenters. The predicted molar refractivity (Wildman–Crippen MR) is 93.2 cm³/mol. The SMILES string of the molecule is COC(=O)c1ccc(/C=N\NC(=O)C(=O)NC2CCCCCC2)cc1. The summed E-state index contributed by atoms with van der Waals surface area (Å²) in [4.78, 5) is 35.0. The van der Waals surface area contributed by atoms with E-state index in [9.17, 15) is 14.4 Å². The van der Waals surface area contributed by atoms with Gasteiger partial charge in [-0.05, 0) is 30.5 Å². The number of nitrogens with one attached hydrogen (secondary N) is 2. The van der Waals surface area contributed by atoms with Crippen molar-refractivity contribution in [3.05, 3.63) is 35.4 Å². The minimum Gasteiger partial charge on any atom is -0.465 e. The topological polar surface area (TPSA) is 96.9 Å². The molecule has 0 saturated heterocycles. The van der Waals surface area contributed by atoms with Crippen molar-refractivity contribution >= 4 is 24.0 Å². The van der Waals surface area contributed by atoms with E-state index in [2.05, 4.69) is 20.6 Å². The zero-order chi connectivity index (χ0) is 18.1. The third-order valence-corrected chi connectivity index (χ3v) is 4.11. The van der Waals surface area contributed by atoms with Gasteiger partial charge in [0.2, 0.25) is 0 Å². The van der Waals surface area contributed by atoms with Gasteiger partial charge >= 0.3 is 17.8 Å². The molecule has 7 heteroatoms. The standard InChI is InChI=1S/C18H23N3O4/c1-25-18(24)14-10-8-13(9-11-14)12-19-21-17(23)16(22)20-15-6-4-2-3-5-7-15/h8-12,15H,2-7H2,1H3,(H,20,22)(H,21,23)/b19-12-. The summed E-state index contributed by atoms with van der Waals surface area (Å²) in [6, 6.07) is 6.57. The number of ether oxygens (including phenoxy) is 1. The van der Waals surface area contributed by atoms with Crippen LogP contribution in [0, 0.1) is 0 Å². The molecule has 1 aromatic rings. The van der Waals surface area contributed by atoms with Gasteiger partial charge in [-0.15, -0.1) is 0 Å². The molecular weight excluding hydrogens is 322 g/mol. The predicted octanol–water partition coefficient (Wildman–Crippen LogP) is 1.76. The fourth-order valence-corrected chi connectivity index (χ4v) is 2.71. The van der Waals surface area contributed by atoms with E-state index in [-0.39, 0.29) is 6.04 Å². The largest absolute Gasteiger partial charge is 0.465 e. The first-order chi connectivity index (χ1) is 12.1. The van der Waals surface area contributed by atoms with Crippen LogP contribution in [0.2, 0.25) is 0 Å². The molecule has 1 saturated carbocycles. The molecule has 0 aliphatic heterocycles. The van der Waals surface area contributed by atoms with Crippen molar-refractivity contribution in [1.29, 1.82) is 0 Å². The molecule has 7 nitrogen and oxygen atoms in total. The molecule has 2 amide bonds. The smallest absolute Gasteiger partial charge is 0.337 e. The fourth-order valence-electron chi connectivity index (χ4n) is 2.71. The van der Waals surface area contributed by atoms with Crippen molar-refractivity contribution in [2.45, 2.75) is 44.6 Å². The Morgan fingerprint density at radius 1 is 1.04 bits per heavy atom. The Morgan fingerprint density at radius 3 is 2.28 bits per heavy atom. The summed E-state index contributed by atoms with van der Waals surface area (Å²) in [5.74, 6) is -1.87. The van der Waals surface area contributed by atoms with Crippen molar-refractivity contribution in [3.8, 4) is 0 Å². The number of carbonyl (C=O) groups is 3. The molecule has 2 N–H and O–H groups in total. The van der Waals surface area contributed by atoms with E-state index in [1.165, 1.54) is 26.2 Å². The minimum absolute atomic E-state index is 0.0654. The molecule has 0 heterocycles. The average molecular weight is 345 g/mol. The number of benzene rings is 1. The quantitative estimate of drug-likeness (QED) is 0.286. The molecule has 0 bridgehead atoms. The minimum atomic E-state index is -0.785. The zero-order valence-electron chi connectivity index (χ0n) is 14.3. The van der Waals surface area contributed by atoms with Crippen LogP contribution < -0.4 is 10.7 Å². The summed E-state index contributed by atoms with van der Waals surface area (Å²) >= 11 is 0. The summed E-state index contributed by atoms with van der Waals surface area (Å²) in [5.41, 5.74) is 3.31. The second kappa shape index (κ2) is 9.56. The highest BCUT2D eigenvalue weighted by molar-refractivity contribution is 6.35. The number of hydrogen-bond donors (Lipinski definition) is 2. The lowest BCUT2D eigenvalue weighted by Crippen LogP contribution is -2.43. The normalized spacial score (nSPS) is 15.4. The van der Waals surface area contributed by atoms with Gasteiger partial charge in [0.1, 0.15) is 0 Å². The van der Waals surface area contributed by atoms with Crippen LogP contribution in [-0.2, 0) is 14.3 Å². The van der Waals surface area contributed by atoms with Crippen LogP contribution in [0.5, 0.6) is 0 Å². The molecule has 134 valence electrons. The van der Waals surface area contributed by atoms with Crippen LogP contribution >= 0.6 is 0 Å². The molecule has 1 fully saturated rings. The van der Waals surface area contributed by atoms with Crippen LogP contribution in [-0.4, -0.2) is 37.1 Å². The molecule has 0 aromatic heterocycles. The molecule has 0 spiro atoms. The number of hydrogen-bond acceptors (Lipinski definition) is 5. The second-order valence-corrected chi connectivity index (χ2v) is 5.97. The Hall–Kier alpha value is -2.70. The van der Waals surface area contributed by atoms with Crippen LogP contribution in [0.15, 0.2) is 29.4 Å². The van der Waals surface area contributed by atoms with Gasteiger partial charge in [-0.1, -0.05) is 37.8 Å². The first kappa shape index (κ1) is 18.6. The van der Waals surface area contributed by atoms with Crippen LogP contribution in [0.4, 0.5) is 0 Å². The van der Waals surface area contributed by atoms with Gasteiger partial charge in [0, 0.05) is 6.04 Å². The third kappa shape index (κ3) is 6.02. The molecule has 0 radical (unpaired) electrons. The average Bonchev–Trinajstić information content (AvgIpc) is 2.90. The first-order valence-corrected chi connectivity index (χ1v) is 8.42. The lowest BCUT2D eigenvalue weighted by Gasteiger charge is -2.14. The number of amides is 2. The highest BCUT2D eigenvalue weighted by Crippen LogP contribution is 2.17. The Morgan fingerprint density at radius 2 is 1.68 bits per heavy atom. The number of nitrogens with zero attached hydrogens (tertiary/aromatic N) is 1. The molecule has 1 aromatic carbocycles. The molecule has 1 aliphatic carbocycles. The van der Waals surface area contributed by atoms with E-state index < -0.39 is 17.8 Å². The summed E-state index contributed by atoms with van der Waals surface area (Å²) < 4.78 is 4.61. The van der Waals surface area contributed by atoms with Crippen molar-refractivity contribution in [2.24, 2.45) is 5.10 Å². The van der Waals surface area contributed by atoms with E-state index in [1.807, 2.05) is 0 Å². The maximum absolute atomic E-state index is 11.9. The molecule has 1 aliphatic rings. The summed E-state index contributed by atoms with van der Waals surface area (Å²) in [6.45, 7) is 0. The van der Waals surface area contributed by atoms with Crippen molar-refractivity contribution in [3.63, 3.8) is 0 Å². The fraction of sp³-hybridized carbons (Fsp3) is 0.444. The summed E-state index contributed by atoms with van der Waals surface area (Å²) in [5, 5.41) is 6.52. The van der Waals surface area contributed by atoms with Gasteiger partial charge < -0.3 is 10.1 Å². The van der Waals surface area contributed by atoms with Crippen LogP contribution in [0.1, 0.15) is 54.4 Å². The molecule has 0 atom stereocenters. The van der Waals surface area contributed by atoms with Gasteiger partial charge in [0.05, 0.1) is 18.9 Å². The molecule has 2 rings (SSSR count). The maximum atomic E-state index is 11.9. The van der Waals surface area contributed by atoms with Crippen molar-refractivity contribution in [1.82, 2.24) is 10.7 Å². The summed E-state index contributed by atoms with van der Waals surface area (Å²) in [6.07, 6.45) is 7.73. The molecular formula is C18H23N3O4. The number of rotatable bonds is 4. The van der Waals surface area contributed by atoms with Crippen LogP contribution in [0.25, 0.3) is 0 Å². The van der Waals surface area contributed by atoms with Crippen molar-refractivity contribution < 1.29 is 19.1 Å². The van der Waals surface area contributed by atoms with E-state index in [0.717, 1.165) is 25.7 Å². The Balaban J connectivity index is 1.80. The third-order valence-electron chi connectivity index (χ3n) is 4.11. The van der Waals surface area contributed by atoms with Gasteiger partial charge in [0.25, 0.3) is 0 Å². The zero-order valence-corrected chi connectivity index (χ0v) is 14.3. The summed E-state index contributed by atoms with van der Waals surface area (Å²) in [7, 11) is 1.31. The van der Waals surface area contributed by atoms with Crippen LogP contribution in [0.3, 0.4) is 0 Å². The van der Waals surface area contributed by atoms with E-state index >= 15 is 0 Å². The van der Waals surface area contributed by atoms with Gasteiger partial charge in [-0.2, -0.15) is 5.10 Å². The van der Waals surface area contributed by atoms with Gasteiger partial charge in [-0.25, -0.2) is 10.2 Å². The lowest BCUT2D eigenvalue weighted by molar-refractivity contribution is -0.139. The highest BCUT2D eigenvalue weighted by Gasteiger charge is 2.19. The molecule has 25 heavy (non-hydrogen) atoms. The Kier molecular flexibility index (Phi) is 7.13. The first-order valence-electron chi connectivity index (χ1n) is 8.42. The van der Waals surface area contributed by atoms with Crippen molar-refractivity contribution in [2.75, 3.05) is 7.11 Å². The monoisotopic (exact) mass is 345 g/mol. The van der Waals surface area contributed by atoms with E-state index in [0.29, 0.717) is 11.1 Å². The number of methoxy groups -OCH3 is 1. The highest BCUT2D eigenvalue weighted by atomic mass is 16.5. The van der Waals surface area contributed by atoms with Gasteiger partial charge in [0.15, 0.2) is 0 Å².